The molecule has 3 heterocycles. The number of hydrogen-bond acceptors (Lipinski definition) is 1. The Morgan fingerprint density at radius 1 is 0.806 bits per heavy atom. The smallest absolute Gasteiger partial charge is 0.0502 e. The standard InChI is InChI=1S/C28H26N2S/c1-3-29-22-12-8-6-10-18(22)27-23(29)13-14-25-28(27)20-15-19-17-9-5-7-11-21(17)30(4-2)24(19)16-26(20)31-25/h6-7,10-11,13-16H,3-5,8-9,12H2,1-2H3. The van der Waals surface area contributed by atoms with E-state index in [-0.39, 0.29) is 0 Å². The third-order valence-corrected chi connectivity index (χ3v) is 8.56. The number of fused-ring (bicyclic) bond motifs is 10. The molecule has 31 heavy (non-hydrogen) atoms. The van der Waals surface area contributed by atoms with Crippen LogP contribution in [0.1, 0.15) is 49.2 Å². The van der Waals surface area contributed by atoms with Crippen molar-refractivity contribution in [3.63, 3.8) is 0 Å². The molecule has 0 saturated carbocycles. The fraction of sp³-hybridized carbons (Fsp3) is 0.286. The van der Waals surface area contributed by atoms with E-state index in [9.17, 15) is 0 Å². The van der Waals surface area contributed by atoms with Crippen molar-refractivity contribution in [2.75, 3.05) is 0 Å². The number of nitrogens with zero attached hydrogens (tertiary/aromatic N) is 2. The number of allylic oxidation sites excluding steroid dienone is 2. The number of aryl methyl sites for hydroxylation is 3. The molecule has 0 N–H and O–H groups in total. The van der Waals surface area contributed by atoms with E-state index in [1.54, 1.807) is 5.56 Å². The van der Waals surface area contributed by atoms with Crippen LogP contribution in [0.25, 0.3) is 54.1 Å². The summed E-state index contributed by atoms with van der Waals surface area (Å²) in [7, 11) is 0. The van der Waals surface area contributed by atoms with Gasteiger partial charge in [-0.2, -0.15) is 0 Å². The van der Waals surface area contributed by atoms with Gasteiger partial charge >= 0.3 is 0 Å². The minimum atomic E-state index is 1.02. The molecule has 5 aromatic rings. The van der Waals surface area contributed by atoms with Crippen LogP contribution in [-0.4, -0.2) is 9.13 Å². The average Bonchev–Trinajstić information content (AvgIpc) is 3.44. The quantitative estimate of drug-likeness (QED) is 0.273. The average molecular weight is 423 g/mol. The van der Waals surface area contributed by atoms with Gasteiger partial charge in [-0.25, -0.2) is 0 Å². The summed E-state index contributed by atoms with van der Waals surface area (Å²) >= 11 is 1.96. The van der Waals surface area contributed by atoms with Crippen LogP contribution in [0.15, 0.2) is 36.4 Å². The third kappa shape index (κ3) is 2.22. The highest BCUT2D eigenvalue weighted by Gasteiger charge is 2.22. The van der Waals surface area contributed by atoms with Gasteiger partial charge in [0, 0.05) is 66.5 Å². The van der Waals surface area contributed by atoms with Crippen LogP contribution in [0.5, 0.6) is 0 Å². The van der Waals surface area contributed by atoms with Crippen molar-refractivity contribution < 1.29 is 0 Å². The molecule has 0 fully saturated rings. The third-order valence-electron chi connectivity index (χ3n) is 7.45. The Kier molecular flexibility index (Phi) is 3.67. The van der Waals surface area contributed by atoms with Crippen molar-refractivity contribution in [2.24, 2.45) is 0 Å². The molecule has 3 aromatic heterocycles. The van der Waals surface area contributed by atoms with Gasteiger partial charge in [-0.05, 0) is 75.4 Å². The highest BCUT2D eigenvalue weighted by atomic mass is 32.1. The molecule has 0 saturated heterocycles. The largest absolute Gasteiger partial charge is 0.344 e. The molecule has 2 aromatic carbocycles. The van der Waals surface area contributed by atoms with Gasteiger partial charge in [0.15, 0.2) is 0 Å². The lowest BCUT2D eigenvalue weighted by molar-refractivity contribution is 0.729. The summed E-state index contributed by atoms with van der Waals surface area (Å²) in [4.78, 5) is 0. The minimum Gasteiger partial charge on any atom is -0.344 e. The van der Waals surface area contributed by atoms with Gasteiger partial charge in [-0.3, -0.25) is 0 Å². The maximum absolute atomic E-state index is 2.55. The van der Waals surface area contributed by atoms with E-state index in [4.69, 9.17) is 0 Å². The molecule has 2 nitrogen and oxygen atoms in total. The van der Waals surface area contributed by atoms with Crippen LogP contribution < -0.4 is 0 Å². The van der Waals surface area contributed by atoms with Crippen LogP contribution in [-0.2, 0) is 25.9 Å². The number of thiophene rings is 1. The lowest BCUT2D eigenvalue weighted by atomic mass is 9.97. The Labute approximate surface area is 186 Å². The van der Waals surface area contributed by atoms with Gasteiger partial charge in [0.05, 0.1) is 5.52 Å². The minimum absolute atomic E-state index is 1.02. The molecule has 0 radical (unpaired) electrons. The zero-order chi connectivity index (χ0) is 20.7. The molecule has 0 bridgehead atoms. The van der Waals surface area contributed by atoms with Crippen molar-refractivity contribution in [2.45, 2.75) is 52.6 Å². The lowest BCUT2D eigenvalue weighted by Crippen LogP contribution is -2.02. The van der Waals surface area contributed by atoms with Crippen LogP contribution in [0.2, 0.25) is 0 Å². The molecular formula is C28H26N2S. The van der Waals surface area contributed by atoms with E-state index < -0.39 is 0 Å². The summed E-state index contributed by atoms with van der Waals surface area (Å²) in [6.07, 6.45) is 14.0. The number of aromatic nitrogens is 2. The molecular weight excluding hydrogens is 396 g/mol. The Balaban J connectivity index is 1.67. The SMILES string of the molecule is CCn1c2c(c3cc4c(cc31)sc1ccc3c(c5c(n3CC)CCC=C5)c14)CCC=C2. The maximum atomic E-state index is 2.55. The fourth-order valence-electron chi connectivity index (χ4n) is 6.17. The van der Waals surface area contributed by atoms with Crippen molar-refractivity contribution in [1.82, 2.24) is 9.13 Å². The predicted octanol–water partition coefficient (Wildman–Crippen LogP) is 7.92. The first-order valence-electron chi connectivity index (χ1n) is 11.7. The molecule has 0 atom stereocenters. The summed E-state index contributed by atoms with van der Waals surface area (Å²) in [6.45, 7) is 6.61. The van der Waals surface area contributed by atoms with Gasteiger partial charge in [0.2, 0.25) is 0 Å². The summed E-state index contributed by atoms with van der Waals surface area (Å²) in [5.41, 5.74) is 8.76. The highest BCUT2D eigenvalue weighted by molar-refractivity contribution is 7.26. The van der Waals surface area contributed by atoms with E-state index in [0.29, 0.717) is 0 Å². The fourth-order valence-corrected chi connectivity index (χ4v) is 7.30. The van der Waals surface area contributed by atoms with E-state index >= 15 is 0 Å². The van der Waals surface area contributed by atoms with Crippen molar-refractivity contribution in [3.8, 4) is 0 Å². The van der Waals surface area contributed by atoms with E-state index in [1.807, 2.05) is 11.3 Å². The topological polar surface area (TPSA) is 9.86 Å². The van der Waals surface area contributed by atoms with Crippen LogP contribution in [0.3, 0.4) is 0 Å². The lowest BCUT2D eigenvalue weighted by Gasteiger charge is -2.10. The first-order chi connectivity index (χ1) is 15.3. The van der Waals surface area contributed by atoms with E-state index in [0.717, 1.165) is 38.8 Å². The molecule has 0 aliphatic heterocycles. The molecule has 0 amide bonds. The zero-order valence-electron chi connectivity index (χ0n) is 18.2. The molecule has 0 spiro atoms. The number of hydrogen-bond donors (Lipinski definition) is 0. The Morgan fingerprint density at radius 3 is 2.52 bits per heavy atom. The first-order valence-corrected chi connectivity index (χ1v) is 12.5. The van der Waals surface area contributed by atoms with Crippen LogP contribution >= 0.6 is 11.3 Å². The van der Waals surface area contributed by atoms with E-state index in [1.165, 1.54) is 58.9 Å². The van der Waals surface area contributed by atoms with Gasteiger partial charge in [0.1, 0.15) is 0 Å². The van der Waals surface area contributed by atoms with Crippen molar-refractivity contribution in [1.29, 1.82) is 0 Å². The maximum Gasteiger partial charge on any atom is 0.0502 e. The predicted molar refractivity (Wildman–Crippen MR) is 136 cm³/mol. The molecule has 3 heteroatoms. The Hall–Kier alpha value is -2.78. The number of benzene rings is 2. The zero-order valence-corrected chi connectivity index (χ0v) is 19.0. The van der Waals surface area contributed by atoms with Crippen molar-refractivity contribution in [3.05, 3.63) is 58.9 Å². The van der Waals surface area contributed by atoms with Crippen molar-refractivity contribution >= 4 is 65.5 Å². The monoisotopic (exact) mass is 422 g/mol. The molecule has 2 aliphatic carbocycles. The van der Waals surface area contributed by atoms with Crippen LogP contribution in [0.4, 0.5) is 0 Å². The second kappa shape index (κ2) is 6.37. The Bertz CT molecular complexity index is 1600. The molecule has 2 aliphatic rings. The van der Waals surface area contributed by atoms with E-state index in [2.05, 4.69) is 71.6 Å². The summed E-state index contributed by atoms with van der Waals surface area (Å²) in [5.74, 6) is 0. The normalized spacial score (nSPS) is 15.5. The van der Waals surface area contributed by atoms with Gasteiger partial charge in [-0.1, -0.05) is 18.2 Å². The molecule has 7 rings (SSSR count). The van der Waals surface area contributed by atoms with Gasteiger partial charge in [-0.15, -0.1) is 11.3 Å². The second-order valence-electron chi connectivity index (χ2n) is 8.90. The second-order valence-corrected chi connectivity index (χ2v) is 9.98. The van der Waals surface area contributed by atoms with Crippen LogP contribution in [0, 0.1) is 0 Å². The summed E-state index contributed by atoms with van der Waals surface area (Å²) < 4.78 is 7.90. The number of rotatable bonds is 2. The first kappa shape index (κ1) is 17.9. The Morgan fingerprint density at radius 2 is 1.65 bits per heavy atom. The molecule has 0 unspecified atom stereocenters. The molecule has 154 valence electrons. The summed E-state index contributed by atoms with van der Waals surface area (Å²) in [6, 6.07) is 9.72. The highest BCUT2D eigenvalue weighted by Crippen LogP contribution is 2.45. The van der Waals surface area contributed by atoms with Gasteiger partial charge < -0.3 is 9.13 Å². The van der Waals surface area contributed by atoms with Gasteiger partial charge in [0.25, 0.3) is 0 Å². The summed E-state index contributed by atoms with van der Waals surface area (Å²) in [5, 5.41) is 5.85.